The quantitative estimate of drug-likeness (QED) is 0.609. The minimum Gasteiger partial charge on any atom is -0.293 e. The fourth-order valence-corrected chi connectivity index (χ4v) is 8.97. The summed E-state index contributed by atoms with van der Waals surface area (Å²) in [5.74, 6) is -0.507. The average Bonchev–Trinajstić information content (AvgIpc) is 2.75. The predicted octanol–water partition coefficient (Wildman–Crippen LogP) is 3.81. The van der Waals surface area contributed by atoms with Crippen LogP contribution < -0.4 is 21.2 Å². The van der Waals surface area contributed by atoms with E-state index < -0.39 is 7.26 Å². The van der Waals surface area contributed by atoms with E-state index >= 15 is 0 Å². The Hall–Kier alpha value is -2.77. The minimum atomic E-state index is -2.36. The van der Waals surface area contributed by atoms with Crippen molar-refractivity contribution in [3.05, 3.63) is 91.0 Å². The molecule has 0 bridgehead atoms. The molecule has 3 aromatic rings. The molecule has 1 atom stereocenters. The van der Waals surface area contributed by atoms with Crippen LogP contribution in [0.4, 0.5) is 0 Å². The Kier molecular flexibility index (Phi) is 6.95. The first-order chi connectivity index (χ1) is 14.1. The molecule has 3 rings (SSSR count). The molecule has 0 fully saturated rings. The lowest BCUT2D eigenvalue weighted by molar-refractivity contribution is -0.129. The average molecular weight is 404 g/mol. The third-order valence-electron chi connectivity index (χ3n) is 5.12. The Morgan fingerprint density at radius 3 is 1.45 bits per heavy atom. The van der Waals surface area contributed by atoms with Crippen molar-refractivity contribution in [3.8, 4) is 0 Å². The van der Waals surface area contributed by atoms with Crippen LogP contribution in [-0.2, 0) is 9.59 Å². The third kappa shape index (κ3) is 4.31. The Morgan fingerprint density at radius 1 is 0.759 bits per heavy atom. The van der Waals surface area contributed by atoms with E-state index in [1.165, 1.54) is 6.92 Å². The maximum absolute atomic E-state index is 13.4. The largest absolute Gasteiger partial charge is 0.293 e. The highest BCUT2D eigenvalue weighted by atomic mass is 31.2. The van der Waals surface area contributed by atoms with Crippen LogP contribution in [0.5, 0.6) is 0 Å². The van der Waals surface area contributed by atoms with Crippen molar-refractivity contribution in [1.82, 2.24) is 5.32 Å². The smallest absolute Gasteiger partial charge is 0.268 e. The van der Waals surface area contributed by atoms with E-state index in [2.05, 4.69) is 48.6 Å². The van der Waals surface area contributed by atoms with Crippen LogP contribution in [0.25, 0.3) is 0 Å². The summed E-state index contributed by atoms with van der Waals surface area (Å²) in [5.41, 5.74) is -0.330. The molecule has 0 heterocycles. The number of hydrogen-bond donors (Lipinski definition) is 1. The Morgan fingerprint density at radius 2 is 1.14 bits per heavy atom. The van der Waals surface area contributed by atoms with Gasteiger partial charge in [-0.3, -0.25) is 14.9 Å². The second-order valence-corrected chi connectivity index (χ2v) is 10.7. The van der Waals surface area contributed by atoms with E-state index in [-0.39, 0.29) is 17.5 Å². The maximum Gasteiger partial charge on any atom is 0.268 e. The van der Waals surface area contributed by atoms with Crippen molar-refractivity contribution in [1.29, 1.82) is 0 Å². The summed E-state index contributed by atoms with van der Waals surface area (Å²) in [5, 5.41) is 6.04. The van der Waals surface area contributed by atoms with Gasteiger partial charge in [-0.2, -0.15) is 0 Å². The maximum atomic E-state index is 13.4. The summed E-state index contributed by atoms with van der Waals surface area (Å²) in [6.45, 7) is 3.48. The van der Waals surface area contributed by atoms with Gasteiger partial charge in [-0.1, -0.05) is 67.9 Å². The molecule has 0 saturated heterocycles. The van der Waals surface area contributed by atoms with Gasteiger partial charge in [-0.25, -0.2) is 0 Å². The van der Waals surface area contributed by atoms with E-state index in [1.807, 2.05) is 54.6 Å². The van der Waals surface area contributed by atoms with Gasteiger partial charge in [0, 0.05) is 6.92 Å². The first-order valence-corrected chi connectivity index (χ1v) is 11.8. The van der Waals surface area contributed by atoms with Gasteiger partial charge in [0.2, 0.25) is 5.91 Å². The van der Waals surface area contributed by atoms with E-state index in [0.717, 1.165) is 22.3 Å². The zero-order valence-electron chi connectivity index (χ0n) is 16.9. The highest BCUT2D eigenvalue weighted by molar-refractivity contribution is 7.96. The van der Waals surface area contributed by atoms with Crippen LogP contribution in [0.3, 0.4) is 0 Å². The molecular weight excluding hydrogens is 377 g/mol. The second-order valence-electron chi connectivity index (χ2n) is 7.08. The van der Waals surface area contributed by atoms with Gasteiger partial charge in [0.15, 0.2) is 5.66 Å². The lowest BCUT2D eigenvalue weighted by Gasteiger charge is -2.33. The molecule has 3 aromatic carbocycles. The number of carbonyl (C=O) groups excluding carboxylic acids is 2. The minimum absolute atomic E-state index is 0.191. The number of rotatable bonds is 7. The van der Waals surface area contributed by atoms with Crippen LogP contribution in [-0.4, -0.2) is 17.5 Å². The number of nitrogens with one attached hydrogen (secondary N) is 1. The summed E-state index contributed by atoms with van der Waals surface area (Å²) in [6, 6.07) is 30.9. The molecular formula is C25H27NO2P+. The first kappa shape index (κ1) is 21.0. The molecule has 1 unspecified atom stereocenters. The number of imide groups is 1. The molecule has 1 N–H and O–H groups in total. The van der Waals surface area contributed by atoms with Crippen molar-refractivity contribution >= 4 is 35.0 Å². The van der Waals surface area contributed by atoms with E-state index in [0.29, 0.717) is 6.42 Å². The van der Waals surface area contributed by atoms with Crippen LogP contribution in [0.2, 0.25) is 0 Å². The SMILES string of the molecule is CCCC(C(=O)NC(C)=O)[P+](c1ccccc1)(c1ccccc1)c1ccccc1. The molecule has 3 nitrogen and oxygen atoms in total. The molecule has 4 heteroatoms. The van der Waals surface area contributed by atoms with Crippen molar-refractivity contribution in [2.75, 3.05) is 0 Å². The summed E-state index contributed by atoms with van der Waals surface area (Å²) < 4.78 is 0. The summed E-state index contributed by atoms with van der Waals surface area (Å²) in [7, 11) is -2.36. The number of carbonyl (C=O) groups is 2. The van der Waals surface area contributed by atoms with Gasteiger partial charge in [0.1, 0.15) is 23.2 Å². The molecule has 0 aliphatic heterocycles. The van der Waals surface area contributed by atoms with Crippen molar-refractivity contribution in [2.45, 2.75) is 32.3 Å². The lowest BCUT2D eigenvalue weighted by atomic mass is 10.2. The number of benzene rings is 3. The zero-order valence-corrected chi connectivity index (χ0v) is 17.8. The molecule has 148 valence electrons. The standard InChI is InChI=1S/C25H26NO2P/c1-3-13-24(25(28)26-20(2)27)29(21-14-7-4-8-15-21,22-16-9-5-10-17-22)23-18-11-6-12-19-23/h4-12,14-19,24H,3,13H2,1-2H3/p+1. The monoisotopic (exact) mass is 404 g/mol. The Labute approximate surface area is 173 Å². The number of hydrogen-bond acceptors (Lipinski definition) is 2. The molecule has 0 aliphatic rings. The van der Waals surface area contributed by atoms with Crippen LogP contribution in [0.1, 0.15) is 26.7 Å². The van der Waals surface area contributed by atoms with Crippen LogP contribution >= 0.6 is 7.26 Å². The molecule has 0 spiro atoms. The summed E-state index contributed by atoms with van der Waals surface area (Å²) >= 11 is 0. The first-order valence-electron chi connectivity index (χ1n) is 9.97. The molecule has 0 aliphatic carbocycles. The molecule has 0 saturated carbocycles. The fourth-order valence-electron chi connectivity index (χ4n) is 4.01. The van der Waals surface area contributed by atoms with Crippen molar-refractivity contribution in [3.63, 3.8) is 0 Å². The van der Waals surface area contributed by atoms with Crippen molar-refractivity contribution in [2.24, 2.45) is 0 Å². The third-order valence-corrected chi connectivity index (χ3v) is 9.89. The van der Waals surface area contributed by atoms with Gasteiger partial charge < -0.3 is 0 Å². The highest BCUT2D eigenvalue weighted by Gasteiger charge is 2.55. The van der Waals surface area contributed by atoms with Gasteiger partial charge in [0.25, 0.3) is 5.91 Å². The van der Waals surface area contributed by atoms with Gasteiger partial charge in [-0.05, 0) is 42.8 Å². The van der Waals surface area contributed by atoms with Crippen LogP contribution in [0, 0.1) is 0 Å². The lowest BCUT2D eigenvalue weighted by Crippen LogP contribution is -2.47. The Bertz CT molecular complexity index is 846. The second kappa shape index (κ2) is 9.62. The topological polar surface area (TPSA) is 46.2 Å². The van der Waals surface area contributed by atoms with Crippen molar-refractivity contribution < 1.29 is 9.59 Å². The molecule has 0 radical (unpaired) electrons. The van der Waals surface area contributed by atoms with E-state index in [4.69, 9.17) is 0 Å². The van der Waals surface area contributed by atoms with Gasteiger partial charge >= 0.3 is 0 Å². The Balaban J connectivity index is 2.37. The van der Waals surface area contributed by atoms with Crippen LogP contribution in [0.15, 0.2) is 91.0 Å². The summed E-state index contributed by atoms with van der Waals surface area (Å²) in [4.78, 5) is 25.2. The molecule has 2 amide bonds. The predicted molar refractivity (Wildman–Crippen MR) is 123 cm³/mol. The van der Waals surface area contributed by atoms with E-state index in [1.54, 1.807) is 0 Å². The summed E-state index contributed by atoms with van der Waals surface area (Å²) in [6.07, 6.45) is 1.55. The van der Waals surface area contributed by atoms with Gasteiger partial charge in [0.05, 0.1) is 0 Å². The molecule has 29 heavy (non-hydrogen) atoms. The van der Waals surface area contributed by atoms with E-state index in [9.17, 15) is 9.59 Å². The normalized spacial score (nSPS) is 12.2. The number of amides is 2. The highest BCUT2D eigenvalue weighted by Crippen LogP contribution is 2.61. The molecule has 0 aromatic heterocycles. The zero-order chi connectivity index (χ0) is 20.7. The van der Waals surface area contributed by atoms with Gasteiger partial charge in [-0.15, -0.1) is 0 Å². The fraction of sp³-hybridized carbons (Fsp3) is 0.200.